The van der Waals surface area contributed by atoms with Gasteiger partial charge in [-0.2, -0.15) is 0 Å². The van der Waals surface area contributed by atoms with Gasteiger partial charge in [-0.1, -0.05) is 188 Å². The topological polar surface area (TPSA) is 38.7 Å². The number of rotatable bonds is 5. The van der Waals surface area contributed by atoms with Gasteiger partial charge in [0, 0.05) is 16.7 Å². The first-order valence-electron chi connectivity index (χ1n) is 19.0. The number of fused-ring (bicyclic) bond motifs is 5. The zero-order valence-corrected chi connectivity index (χ0v) is 30.4. The first kappa shape index (κ1) is 32.0. The van der Waals surface area contributed by atoms with E-state index in [1.165, 1.54) is 59.4 Å². The van der Waals surface area contributed by atoms with Crippen molar-refractivity contribution >= 4 is 53.9 Å². The molecule has 0 spiro atoms. The molecule has 56 heavy (non-hydrogen) atoms. The van der Waals surface area contributed by atoms with Gasteiger partial charge in [-0.3, -0.25) is 0 Å². The minimum Gasteiger partial charge on any atom is -0.208 e. The zero-order chi connectivity index (χ0) is 37.0. The fourth-order valence-electron chi connectivity index (χ4n) is 8.49. The first-order chi connectivity index (χ1) is 27.8. The molecule has 0 aliphatic carbocycles. The second kappa shape index (κ2) is 13.1. The van der Waals surface area contributed by atoms with Crippen LogP contribution in [0.25, 0.3) is 110 Å². The van der Waals surface area contributed by atoms with Crippen LogP contribution in [-0.4, -0.2) is 15.0 Å². The second-order valence-corrected chi connectivity index (χ2v) is 14.3. The van der Waals surface area contributed by atoms with Crippen LogP contribution < -0.4 is 0 Å². The SMILES string of the molecule is c1ccc(-c2nc(-c3ccccc3)nc(-c3cccc(-c4cccc(-c5cccc6c7cccc8ccc9cccc(c%10ccccc%10c56)c9c87)c4)c3)n2)cc1. The molecule has 260 valence electrons. The van der Waals surface area contributed by atoms with E-state index in [0.717, 1.165) is 33.4 Å². The van der Waals surface area contributed by atoms with Gasteiger partial charge in [-0.25, -0.2) is 15.0 Å². The Morgan fingerprint density at radius 3 is 1.21 bits per heavy atom. The third-order valence-electron chi connectivity index (χ3n) is 11.1. The Hall–Kier alpha value is -7.49. The summed E-state index contributed by atoms with van der Waals surface area (Å²) in [5.74, 6) is 1.94. The summed E-state index contributed by atoms with van der Waals surface area (Å²) in [4.78, 5) is 14.9. The molecule has 3 nitrogen and oxygen atoms in total. The van der Waals surface area contributed by atoms with Crippen molar-refractivity contribution in [3.8, 4) is 56.4 Å². The minimum absolute atomic E-state index is 0.640. The largest absolute Gasteiger partial charge is 0.208 e. The summed E-state index contributed by atoms with van der Waals surface area (Å²) in [5.41, 5.74) is 7.42. The van der Waals surface area contributed by atoms with Crippen LogP contribution in [0.4, 0.5) is 0 Å². The van der Waals surface area contributed by atoms with Crippen molar-refractivity contribution in [3.05, 3.63) is 200 Å². The average Bonchev–Trinajstić information content (AvgIpc) is 3.28. The van der Waals surface area contributed by atoms with Crippen LogP contribution in [0.2, 0.25) is 0 Å². The van der Waals surface area contributed by atoms with Crippen LogP contribution in [-0.2, 0) is 0 Å². The quantitative estimate of drug-likeness (QED) is 0.167. The van der Waals surface area contributed by atoms with Crippen molar-refractivity contribution in [1.29, 1.82) is 0 Å². The molecule has 0 bridgehead atoms. The Morgan fingerprint density at radius 2 is 0.607 bits per heavy atom. The molecule has 1 aromatic heterocycles. The van der Waals surface area contributed by atoms with Crippen LogP contribution in [0.15, 0.2) is 200 Å². The molecule has 0 N–H and O–H groups in total. The second-order valence-electron chi connectivity index (χ2n) is 14.3. The van der Waals surface area contributed by atoms with Crippen molar-refractivity contribution in [2.24, 2.45) is 0 Å². The van der Waals surface area contributed by atoms with E-state index in [0.29, 0.717) is 17.5 Å². The predicted octanol–water partition coefficient (Wildman–Crippen LogP) is 14.0. The highest BCUT2D eigenvalue weighted by molar-refractivity contribution is 6.34. The van der Waals surface area contributed by atoms with Crippen molar-refractivity contribution < 1.29 is 0 Å². The van der Waals surface area contributed by atoms with E-state index in [4.69, 9.17) is 15.0 Å². The molecular formula is C53H33N3. The molecule has 0 radical (unpaired) electrons. The Balaban J connectivity index is 1.11. The maximum absolute atomic E-state index is 5.01. The van der Waals surface area contributed by atoms with E-state index in [1.807, 2.05) is 60.7 Å². The minimum atomic E-state index is 0.640. The van der Waals surface area contributed by atoms with Gasteiger partial charge in [-0.15, -0.1) is 0 Å². The molecule has 0 fully saturated rings. The van der Waals surface area contributed by atoms with Crippen LogP contribution >= 0.6 is 0 Å². The smallest absolute Gasteiger partial charge is 0.164 e. The molecule has 0 aliphatic rings. The highest BCUT2D eigenvalue weighted by Gasteiger charge is 2.16. The fourth-order valence-corrected chi connectivity index (χ4v) is 8.49. The number of nitrogens with zero attached hydrogens (tertiary/aromatic N) is 3. The molecule has 11 rings (SSSR count). The highest BCUT2D eigenvalue weighted by Crippen LogP contribution is 2.43. The molecule has 0 amide bonds. The van der Waals surface area contributed by atoms with Crippen molar-refractivity contribution in [1.82, 2.24) is 15.0 Å². The summed E-state index contributed by atoms with van der Waals surface area (Å²) in [6, 6.07) is 71.4. The lowest BCUT2D eigenvalue weighted by Crippen LogP contribution is -2.00. The van der Waals surface area contributed by atoms with E-state index < -0.39 is 0 Å². The monoisotopic (exact) mass is 711 g/mol. The van der Waals surface area contributed by atoms with Gasteiger partial charge < -0.3 is 0 Å². The van der Waals surface area contributed by atoms with E-state index in [1.54, 1.807) is 0 Å². The Bertz CT molecular complexity index is 3240. The third kappa shape index (κ3) is 5.32. The molecule has 0 saturated carbocycles. The van der Waals surface area contributed by atoms with Gasteiger partial charge in [-0.05, 0) is 88.2 Å². The lowest BCUT2D eigenvalue weighted by atomic mass is 9.87. The van der Waals surface area contributed by atoms with E-state index in [-0.39, 0.29) is 0 Å². The Morgan fingerprint density at radius 1 is 0.232 bits per heavy atom. The summed E-state index contributed by atoms with van der Waals surface area (Å²) in [7, 11) is 0. The van der Waals surface area contributed by atoms with Gasteiger partial charge in [0.2, 0.25) is 0 Å². The maximum Gasteiger partial charge on any atom is 0.164 e. The van der Waals surface area contributed by atoms with Crippen LogP contribution in [0.1, 0.15) is 0 Å². The average molecular weight is 712 g/mol. The fraction of sp³-hybridized carbons (Fsp3) is 0. The van der Waals surface area contributed by atoms with E-state index in [2.05, 4.69) is 140 Å². The summed E-state index contributed by atoms with van der Waals surface area (Å²) >= 11 is 0. The summed E-state index contributed by atoms with van der Waals surface area (Å²) in [5, 5.41) is 12.7. The molecule has 0 atom stereocenters. The molecular weight excluding hydrogens is 679 g/mol. The van der Waals surface area contributed by atoms with Gasteiger partial charge in [0.15, 0.2) is 17.5 Å². The van der Waals surface area contributed by atoms with Crippen molar-refractivity contribution in [2.75, 3.05) is 0 Å². The Labute approximate surface area is 324 Å². The van der Waals surface area contributed by atoms with Crippen molar-refractivity contribution in [2.45, 2.75) is 0 Å². The zero-order valence-electron chi connectivity index (χ0n) is 30.4. The first-order valence-corrected chi connectivity index (χ1v) is 19.0. The van der Waals surface area contributed by atoms with Crippen LogP contribution in [0, 0.1) is 0 Å². The Kier molecular flexibility index (Phi) is 7.49. The number of benzene rings is 9. The molecule has 1 heterocycles. The lowest BCUT2D eigenvalue weighted by Gasteiger charge is -2.16. The number of aromatic nitrogens is 3. The van der Waals surface area contributed by atoms with Crippen LogP contribution in [0.5, 0.6) is 0 Å². The van der Waals surface area contributed by atoms with Crippen molar-refractivity contribution in [3.63, 3.8) is 0 Å². The third-order valence-corrected chi connectivity index (χ3v) is 11.1. The van der Waals surface area contributed by atoms with Gasteiger partial charge >= 0.3 is 0 Å². The maximum atomic E-state index is 5.01. The van der Waals surface area contributed by atoms with E-state index in [9.17, 15) is 0 Å². The van der Waals surface area contributed by atoms with Gasteiger partial charge in [0.25, 0.3) is 0 Å². The molecule has 0 unspecified atom stereocenters. The lowest BCUT2D eigenvalue weighted by molar-refractivity contribution is 1.07. The van der Waals surface area contributed by atoms with Crippen LogP contribution in [0.3, 0.4) is 0 Å². The summed E-state index contributed by atoms with van der Waals surface area (Å²) in [6.45, 7) is 0. The van der Waals surface area contributed by atoms with Gasteiger partial charge in [0.1, 0.15) is 0 Å². The molecule has 0 aliphatic heterocycles. The molecule has 0 saturated heterocycles. The molecule has 10 aromatic carbocycles. The standard InChI is InChI=1S/C53H33N3/c1-3-14-36(15-4-1)51-54-52(37-16-5-2-6-17-37)56-53(55-51)41-23-10-21-39(33-41)38-20-9-22-40(32-38)42-26-13-29-47-46-28-12-19-35-31-30-34-18-11-27-44(48(34)49(35)46)43-24-7-8-25-45(43)50(42)47/h1-33H. The van der Waals surface area contributed by atoms with E-state index >= 15 is 0 Å². The highest BCUT2D eigenvalue weighted by atomic mass is 15.0. The van der Waals surface area contributed by atoms with Gasteiger partial charge in [0.05, 0.1) is 0 Å². The molecule has 11 aromatic rings. The number of hydrogen-bond acceptors (Lipinski definition) is 3. The predicted molar refractivity (Wildman–Crippen MR) is 235 cm³/mol. The summed E-state index contributed by atoms with van der Waals surface area (Å²) in [6.07, 6.45) is 0. The number of hydrogen-bond donors (Lipinski definition) is 0. The summed E-state index contributed by atoms with van der Waals surface area (Å²) < 4.78 is 0. The molecule has 3 heteroatoms. The normalized spacial score (nSPS) is 11.6.